The number of para-hydroxylation sites is 1. The molecule has 0 saturated carbocycles. The van der Waals surface area contributed by atoms with Gasteiger partial charge in [-0.2, -0.15) is 4.98 Å². The van der Waals surface area contributed by atoms with Crippen LogP contribution in [0.3, 0.4) is 0 Å². The van der Waals surface area contributed by atoms with Crippen molar-refractivity contribution in [3.05, 3.63) is 60.4 Å². The zero-order valence-electron chi connectivity index (χ0n) is 17.3. The number of amides is 2. The molecule has 31 heavy (non-hydrogen) atoms. The van der Waals surface area contributed by atoms with Crippen molar-refractivity contribution in [2.24, 2.45) is 0 Å². The Balaban J connectivity index is 1.48. The molecule has 0 radical (unpaired) electrons. The number of ether oxygens (including phenoxy) is 1. The normalized spacial score (nSPS) is 16.0. The van der Waals surface area contributed by atoms with E-state index in [1.165, 1.54) is 6.92 Å². The van der Waals surface area contributed by atoms with E-state index in [1.54, 1.807) is 17.0 Å². The second-order valence-electron chi connectivity index (χ2n) is 7.42. The summed E-state index contributed by atoms with van der Waals surface area (Å²) >= 11 is 0. The molecule has 8 heteroatoms. The monoisotopic (exact) mass is 420 g/mol. The number of benzene rings is 2. The first-order valence-electron chi connectivity index (χ1n) is 10.3. The fraction of sp³-hybridized carbons (Fsp3) is 0.304. The maximum Gasteiger partial charge on any atom is 0.261 e. The number of piperidine rings is 1. The van der Waals surface area contributed by atoms with Crippen molar-refractivity contribution < 1.29 is 18.8 Å². The highest BCUT2D eigenvalue weighted by Crippen LogP contribution is 2.31. The van der Waals surface area contributed by atoms with Gasteiger partial charge in [0.15, 0.2) is 12.4 Å². The summed E-state index contributed by atoms with van der Waals surface area (Å²) in [6.07, 6.45) is 2.68. The van der Waals surface area contributed by atoms with Gasteiger partial charge >= 0.3 is 0 Å². The number of rotatable bonds is 6. The molecule has 0 aliphatic carbocycles. The van der Waals surface area contributed by atoms with Crippen molar-refractivity contribution in [2.75, 3.05) is 18.5 Å². The molecular formula is C23H24N4O4. The van der Waals surface area contributed by atoms with Crippen molar-refractivity contribution in [2.45, 2.75) is 32.2 Å². The Bertz CT molecular complexity index is 1050. The lowest BCUT2D eigenvalue weighted by Gasteiger charge is -2.33. The van der Waals surface area contributed by atoms with Gasteiger partial charge in [0.05, 0.1) is 6.04 Å². The molecule has 0 unspecified atom stereocenters. The molecule has 1 N–H and O–H groups in total. The summed E-state index contributed by atoms with van der Waals surface area (Å²) in [4.78, 5) is 30.5. The summed E-state index contributed by atoms with van der Waals surface area (Å²) in [6, 6.07) is 16.2. The van der Waals surface area contributed by atoms with Crippen molar-refractivity contribution in [3.63, 3.8) is 0 Å². The van der Waals surface area contributed by atoms with Gasteiger partial charge < -0.3 is 19.5 Å². The average Bonchev–Trinajstić information content (AvgIpc) is 3.28. The Labute approximate surface area is 180 Å². The Kier molecular flexibility index (Phi) is 6.26. The number of nitrogens with zero attached hydrogens (tertiary/aromatic N) is 3. The zero-order chi connectivity index (χ0) is 21.6. The topological polar surface area (TPSA) is 97.6 Å². The molecule has 3 aromatic rings. The predicted molar refractivity (Wildman–Crippen MR) is 114 cm³/mol. The highest BCUT2D eigenvalue weighted by molar-refractivity contribution is 5.89. The third kappa shape index (κ3) is 5.09. The standard InChI is InChI=1S/C23H24N4O4/c1-16(28)24-18-9-7-8-17(14-18)23-25-22(26-31-23)20-12-5-6-13-27(20)21(29)15-30-19-10-3-2-4-11-19/h2-4,7-11,14,20H,5-6,12-13,15H2,1H3,(H,24,28)/t20-/m1/s1. The fourth-order valence-corrected chi connectivity index (χ4v) is 3.66. The SMILES string of the molecule is CC(=O)Nc1cccc(-c2nc([C@H]3CCCCN3C(=O)COc3ccccc3)no2)c1. The van der Waals surface area contributed by atoms with E-state index in [4.69, 9.17) is 9.26 Å². The van der Waals surface area contributed by atoms with E-state index < -0.39 is 0 Å². The van der Waals surface area contributed by atoms with Crippen LogP contribution in [0.25, 0.3) is 11.5 Å². The number of aromatic nitrogens is 2. The number of hydrogen-bond donors (Lipinski definition) is 1. The second kappa shape index (κ2) is 9.42. The van der Waals surface area contributed by atoms with Crippen LogP contribution in [0.2, 0.25) is 0 Å². The second-order valence-corrected chi connectivity index (χ2v) is 7.42. The molecule has 2 aromatic carbocycles. The van der Waals surface area contributed by atoms with Crippen LogP contribution >= 0.6 is 0 Å². The highest BCUT2D eigenvalue weighted by Gasteiger charge is 2.32. The summed E-state index contributed by atoms with van der Waals surface area (Å²) in [5.41, 5.74) is 1.35. The van der Waals surface area contributed by atoms with Gasteiger partial charge in [0.1, 0.15) is 5.75 Å². The molecule has 2 heterocycles. The molecule has 1 aromatic heterocycles. The lowest BCUT2D eigenvalue weighted by atomic mass is 10.0. The molecular weight excluding hydrogens is 396 g/mol. The first-order valence-corrected chi connectivity index (χ1v) is 10.3. The minimum Gasteiger partial charge on any atom is -0.484 e. The van der Waals surface area contributed by atoms with Crippen molar-refractivity contribution >= 4 is 17.5 Å². The Morgan fingerprint density at radius 3 is 2.81 bits per heavy atom. The van der Waals surface area contributed by atoms with Crippen LogP contribution in [-0.4, -0.2) is 40.0 Å². The van der Waals surface area contributed by atoms with E-state index in [1.807, 2.05) is 42.5 Å². The molecule has 2 amide bonds. The summed E-state index contributed by atoms with van der Waals surface area (Å²) < 4.78 is 11.1. The third-order valence-corrected chi connectivity index (χ3v) is 5.10. The minimum atomic E-state index is -0.253. The summed E-state index contributed by atoms with van der Waals surface area (Å²) in [7, 11) is 0. The van der Waals surface area contributed by atoms with Crippen LogP contribution in [0, 0.1) is 0 Å². The van der Waals surface area contributed by atoms with Gasteiger partial charge in [-0.25, -0.2) is 0 Å². The highest BCUT2D eigenvalue weighted by atomic mass is 16.5. The number of nitrogens with one attached hydrogen (secondary N) is 1. The van der Waals surface area contributed by atoms with Gasteiger partial charge in [-0.1, -0.05) is 29.4 Å². The van der Waals surface area contributed by atoms with Crippen LogP contribution < -0.4 is 10.1 Å². The molecule has 1 aliphatic heterocycles. The molecule has 4 rings (SSSR count). The van der Waals surface area contributed by atoms with Crippen LogP contribution in [0.1, 0.15) is 38.1 Å². The molecule has 1 atom stereocenters. The smallest absolute Gasteiger partial charge is 0.261 e. The molecule has 0 bridgehead atoms. The van der Waals surface area contributed by atoms with E-state index in [-0.39, 0.29) is 24.5 Å². The Hall–Kier alpha value is -3.68. The average molecular weight is 420 g/mol. The number of likely N-dealkylation sites (tertiary alicyclic amines) is 1. The first-order chi connectivity index (χ1) is 15.1. The molecule has 160 valence electrons. The van der Waals surface area contributed by atoms with Gasteiger partial charge in [-0.15, -0.1) is 0 Å². The zero-order valence-corrected chi connectivity index (χ0v) is 17.3. The van der Waals surface area contributed by atoms with Crippen molar-refractivity contribution in [1.82, 2.24) is 15.0 Å². The number of carbonyl (C=O) groups is 2. The summed E-state index contributed by atoms with van der Waals surface area (Å²) in [5.74, 6) is 1.23. The lowest BCUT2D eigenvalue weighted by molar-refractivity contribution is -0.137. The van der Waals surface area contributed by atoms with Crippen LogP contribution in [-0.2, 0) is 9.59 Å². The molecule has 0 spiro atoms. The summed E-state index contributed by atoms with van der Waals surface area (Å²) in [6.45, 7) is 2.04. The first kappa shape index (κ1) is 20.6. The van der Waals surface area contributed by atoms with Crippen LogP contribution in [0.4, 0.5) is 5.69 Å². The predicted octanol–water partition coefficient (Wildman–Crippen LogP) is 3.83. The minimum absolute atomic E-state index is 0.0377. The Morgan fingerprint density at radius 1 is 1.16 bits per heavy atom. The Morgan fingerprint density at radius 2 is 2.00 bits per heavy atom. The largest absolute Gasteiger partial charge is 0.484 e. The van der Waals surface area contributed by atoms with Crippen LogP contribution in [0.15, 0.2) is 59.1 Å². The van der Waals surface area contributed by atoms with Gasteiger partial charge in [0, 0.05) is 24.7 Å². The maximum atomic E-state index is 12.9. The van der Waals surface area contributed by atoms with E-state index in [0.29, 0.717) is 35.3 Å². The molecule has 1 fully saturated rings. The van der Waals surface area contributed by atoms with E-state index in [2.05, 4.69) is 15.5 Å². The maximum absolute atomic E-state index is 12.9. The molecule has 1 saturated heterocycles. The molecule has 1 aliphatic rings. The number of anilines is 1. The summed E-state index contributed by atoms with van der Waals surface area (Å²) in [5, 5.41) is 6.89. The van der Waals surface area contributed by atoms with Crippen molar-refractivity contribution in [1.29, 1.82) is 0 Å². The quantitative estimate of drug-likeness (QED) is 0.651. The van der Waals surface area contributed by atoms with Gasteiger partial charge in [0.2, 0.25) is 5.91 Å². The number of hydrogen-bond acceptors (Lipinski definition) is 6. The van der Waals surface area contributed by atoms with E-state index >= 15 is 0 Å². The van der Waals surface area contributed by atoms with Gasteiger partial charge in [-0.05, 0) is 49.6 Å². The number of carbonyl (C=O) groups excluding carboxylic acids is 2. The van der Waals surface area contributed by atoms with E-state index in [9.17, 15) is 9.59 Å². The van der Waals surface area contributed by atoms with Crippen LogP contribution in [0.5, 0.6) is 5.75 Å². The van der Waals surface area contributed by atoms with Crippen molar-refractivity contribution in [3.8, 4) is 17.2 Å². The third-order valence-electron chi connectivity index (χ3n) is 5.10. The van der Waals surface area contributed by atoms with Gasteiger partial charge in [0.25, 0.3) is 11.8 Å². The van der Waals surface area contributed by atoms with Gasteiger partial charge in [-0.3, -0.25) is 9.59 Å². The molecule has 8 nitrogen and oxygen atoms in total. The fourth-order valence-electron chi connectivity index (χ4n) is 3.66. The lowest BCUT2D eigenvalue weighted by Crippen LogP contribution is -2.41. The van der Waals surface area contributed by atoms with E-state index in [0.717, 1.165) is 19.3 Å².